The molecular formula is C28H25F6N7O2. The minimum absolute atomic E-state index is 0.00236. The molecule has 2 heterocycles. The predicted molar refractivity (Wildman–Crippen MR) is 142 cm³/mol. The zero-order valence-electron chi connectivity index (χ0n) is 23.0. The molecule has 15 heteroatoms. The smallest absolute Gasteiger partial charge is 0.419 e. The highest BCUT2D eigenvalue weighted by atomic mass is 19.4. The number of halogens is 6. The fourth-order valence-corrected chi connectivity index (χ4v) is 4.15. The maximum Gasteiger partial charge on any atom is 0.435 e. The third kappa shape index (κ3) is 6.69. The Bertz CT molecular complexity index is 1660. The van der Waals surface area contributed by atoms with Crippen LogP contribution in [-0.4, -0.2) is 39.4 Å². The molecule has 0 fully saturated rings. The molecule has 226 valence electrons. The number of hydrogen-bond donors (Lipinski definition) is 1. The van der Waals surface area contributed by atoms with E-state index in [0.717, 1.165) is 23.0 Å². The van der Waals surface area contributed by atoms with Crippen LogP contribution in [0.4, 0.5) is 32.0 Å². The van der Waals surface area contributed by atoms with Crippen LogP contribution in [-0.2, 0) is 28.9 Å². The van der Waals surface area contributed by atoms with Crippen LogP contribution in [0, 0.1) is 17.1 Å². The third-order valence-corrected chi connectivity index (χ3v) is 6.53. The van der Waals surface area contributed by atoms with E-state index in [-0.39, 0.29) is 35.9 Å². The number of carbonyl (C=O) groups is 1. The number of rotatable bonds is 10. The summed E-state index contributed by atoms with van der Waals surface area (Å²) in [6, 6.07) is 9.14. The van der Waals surface area contributed by atoms with Gasteiger partial charge in [0.15, 0.2) is 5.69 Å². The summed E-state index contributed by atoms with van der Waals surface area (Å²) in [5, 5.41) is 20.5. The van der Waals surface area contributed by atoms with Crippen molar-refractivity contribution in [1.29, 1.82) is 5.26 Å². The molecule has 2 aromatic heterocycles. The number of nitrogens with zero attached hydrogens (tertiary/aromatic N) is 6. The van der Waals surface area contributed by atoms with Crippen LogP contribution < -0.4 is 10.6 Å². The summed E-state index contributed by atoms with van der Waals surface area (Å²) in [4.78, 5) is 12.4. The molecule has 2 N–H and O–H groups in total. The molecule has 0 aliphatic rings. The van der Waals surface area contributed by atoms with Gasteiger partial charge in [-0.15, -0.1) is 10.2 Å². The summed E-state index contributed by atoms with van der Waals surface area (Å²) in [6.07, 6.45) is -4.37. The number of benzene rings is 2. The number of aldehydes is 1. The lowest BCUT2D eigenvalue weighted by molar-refractivity contribution is -0.141. The number of hydrogen-bond acceptors (Lipinski definition) is 8. The molecule has 0 saturated heterocycles. The van der Waals surface area contributed by atoms with Gasteiger partial charge in [-0.05, 0) is 49.7 Å². The molecule has 4 aromatic rings. The molecule has 1 atom stereocenters. The Morgan fingerprint density at radius 3 is 2.37 bits per heavy atom. The zero-order valence-corrected chi connectivity index (χ0v) is 23.0. The SMILES string of the molecule is CN(Cc1ccc(-n2ccc(C(F)(F)F)n2)cc1)c1cc(-c2nnc(C(C)(C)C#N)o2)c(F)cc1C(F)(F)CC(N)C=O. The molecule has 0 saturated carbocycles. The normalized spacial score (nSPS) is 13.0. The summed E-state index contributed by atoms with van der Waals surface area (Å²) < 4.78 is 91.4. The van der Waals surface area contributed by atoms with Gasteiger partial charge in [-0.3, -0.25) is 0 Å². The second kappa shape index (κ2) is 11.5. The molecular weight excluding hydrogens is 580 g/mol. The van der Waals surface area contributed by atoms with Crippen molar-refractivity contribution in [3.05, 3.63) is 77.2 Å². The van der Waals surface area contributed by atoms with E-state index >= 15 is 13.2 Å². The molecule has 0 spiro atoms. The number of aromatic nitrogens is 4. The lowest BCUT2D eigenvalue weighted by Crippen LogP contribution is -2.31. The summed E-state index contributed by atoms with van der Waals surface area (Å²) >= 11 is 0. The lowest BCUT2D eigenvalue weighted by atomic mass is 9.96. The van der Waals surface area contributed by atoms with Crippen molar-refractivity contribution >= 4 is 12.0 Å². The minimum Gasteiger partial charge on any atom is -0.419 e. The summed E-state index contributed by atoms with van der Waals surface area (Å²) in [5.41, 5.74) is 2.90. The van der Waals surface area contributed by atoms with E-state index in [2.05, 4.69) is 15.3 Å². The van der Waals surface area contributed by atoms with Crippen molar-refractivity contribution in [3.8, 4) is 23.2 Å². The van der Waals surface area contributed by atoms with Gasteiger partial charge >= 0.3 is 6.18 Å². The first-order chi connectivity index (χ1) is 20.1. The average Bonchev–Trinajstić information content (AvgIpc) is 3.64. The number of alkyl halides is 5. The van der Waals surface area contributed by atoms with Crippen LogP contribution in [0.3, 0.4) is 0 Å². The van der Waals surface area contributed by atoms with E-state index in [4.69, 9.17) is 10.2 Å². The van der Waals surface area contributed by atoms with E-state index in [1.54, 1.807) is 12.1 Å². The van der Waals surface area contributed by atoms with Gasteiger partial charge in [-0.1, -0.05) is 12.1 Å². The third-order valence-electron chi connectivity index (χ3n) is 6.53. The van der Waals surface area contributed by atoms with Gasteiger partial charge < -0.3 is 19.8 Å². The van der Waals surface area contributed by atoms with Crippen molar-refractivity contribution in [2.24, 2.45) is 5.73 Å². The monoisotopic (exact) mass is 605 g/mol. The average molecular weight is 606 g/mol. The molecule has 0 radical (unpaired) electrons. The summed E-state index contributed by atoms with van der Waals surface area (Å²) in [7, 11) is 1.46. The van der Waals surface area contributed by atoms with E-state index in [0.29, 0.717) is 17.3 Å². The fourth-order valence-electron chi connectivity index (χ4n) is 4.15. The minimum atomic E-state index is -4.61. The summed E-state index contributed by atoms with van der Waals surface area (Å²) in [6.45, 7) is 3.01. The number of nitriles is 1. The molecule has 1 unspecified atom stereocenters. The number of carbonyl (C=O) groups excluding carboxylic acids is 1. The van der Waals surface area contributed by atoms with Crippen LogP contribution in [0.2, 0.25) is 0 Å². The Kier molecular flexibility index (Phi) is 8.37. The van der Waals surface area contributed by atoms with Gasteiger partial charge in [0.05, 0.1) is 23.4 Å². The second-order valence-electron chi connectivity index (χ2n) is 10.4. The highest BCUT2D eigenvalue weighted by Crippen LogP contribution is 2.42. The Labute approximate surface area is 241 Å². The summed E-state index contributed by atoms with van der Waals surface area (Å²) in [5.74, 6) is -5.29. The zero-order chi connectivity index (χ0) is 31.7. The van der Waals surface area contributed by atoms with Gasteiger partial charge in [0.1, 0.15) is 17.5 Å². The van der Waals surface area contributed by atoms with Crippen LogP contribution in [0.15, 0.2) is 53.1 Å². The van der Waals surface area contributed by atoms with Crippen molar-refractivity contribution in [3.63, 3.8) is 0 Å². The van der Waals surface area contributed by atoms with Crippen LogP contribution >= 0.6 is 0 Å². The second-order valence-corrected chi connectivity index (χ2v) is 10.4. The number of nitrogens with two attached hydrogens (primary N) is 1. The van der Waals surface area contributed by atoms with Gasteiger partial charge in [0.25, 0.3) is 11.8 Å². The van der Waals surface area contributed by atoms with E-state index in [1.165, 1.54) is 37.9 Å². The molecule has 0 amide bonds. The highest BCUT2D eigenvalue weighted by Gasteiger charge is 2.39. The van der Waals surface area contributed by atoms with Crippen molar-refractivity contribution in [1.82, 2.24) is 20.0 Å². The topological polar surface area (TPSA) is 127 Å². The van der Waals surface area contributed by atoms with Crippen LogP contribution in [0.5, 0.6) is 0 Å². The maximum atomic E-state index is 15.4. The van der Waals surface area contributed by atoms with Gasteiger partial charge in [0, 0.05) is 37.5 Å². The van der Waals surface area contributed by atoms with Crippen molar-refractivity contribution in [2.45, 2.75) is 50.4 Å². The van der Waals surface area contributed by atoms with Crippen LogP contribution in [0.25, 0.3) is 17.1 Å². The van der Waals surface area contributed by atoms with E-state index in [9.17, 15) is 23.2 Å². The van der Waals surface area contributed by atoms with Crippen LogP contribution in [0.1, 0.15) is 43.0 Å². The first-order valence-corrected chi connectivity index (χ1v) is 12.7. The molecule has 0 aliphatic heterocycles. The quantitative estimate of drug-likeness (QED) is 0.185. The molecule has 43 heavy (non-hydrogen) atoms. The standard InChI is InChI=1S/C28H25F6N7O2/c1-26(2,15-35)25-38-37-24(43-25)19-10-22(20(11-21(19)29)27(30,31)12-17(36)14-42)40(3)13-16-4-6-18(7-5-16)41-9-8-23(39-41)28(32,33)34/h4-11,14,17H,12-13,36H2,1-3H3. The van der Waals surface area contributed by atoms with Crippen molar-refractivity contribution < 1.29 is 35.6 Å². The molecule has 0 bridgehead atoms. The maximum absolute atomic E-state index is 15.4. The first-order valence-electron chi connectivity index (χ1n) is 12.7. The Balaban J connectivity index is 1.71. The number of anilines is 1. The fraction of sp³-hybridized carbons (Fsp3) is 0.321. The lowest BCUT2D eigenvalue weighted by Gasteiger charge is -2.28. The molecule has 9 nitrogen and oxygen atoms in total. The predicted octanol–water partition coefficient (Wildman–Crippen LogP) is 5.53. The van der Waals surface area contributed by atoms with Gasteiger partial charge in [-0.2, -0.15) is 23.5 Å². The Hall–Kier alpha value is -4.71. The van der Waals surface area contributed by atoms with Gasteiger partial charge in [0.2, 0.25) is 5.89 Å². The van der Waals surface area contributed by atoms with Crippen molar-refractivity contribution in [2.75, 3.05) is 11.9 Å². The molecule has 4 rings (SSSR count). The Morgan fingerprint density at radius 1 is 1.12 bits per heavy atom. The molecule has 0 aliphatic carbocycles. The highest BCUT2D eigenvalue weighted by molar-refractivity contribution is 5.68. The molecule has 2 aromatic carbocycles. The Morgan fingerprint density at radius 2 is 1.79 bits per heavy atom. The van der Waals surface area contributed by atoms with E-state index in [1.807, 2.05) is 6.07 Å². The largest absolute Gasteiger partial charge is 0.435 e. The first kappa shape index (κ1) is 31.2. The van der Waals surface area contributed by atoms with Gasteiger partial charge in [-0.25, -0.2) is 17.9 Å². The van der Waals surface area contributed by atoms with E-state index < -0.39 is 47.1 Å².